The van der Waals surface area contributed by atoms with Crippen molar-refractivity contribution in [3.05, 3.63) is 30.5 Å². The number of fused-ring (bicyclic) bond motifs is 1. The van der Waals surface area contributed by atoms with E-state index < -0.39 is 0 Å². The minimum atomic E-state index is 0.609. The zero-order chi connectivity index (χ0) is 13.9. The van der Waals surface area contributed by atoms with Gasteiger partial charge in [0.1, 0.15) is 11.6 Å². The fourth-order valence-electron chi connectivity index (χ4n) is 2.95. The number of likely N-dealkylation sites (N-methyl/N-ethyl adjacent to an activating group) is 1. The molecule has 3 rings (SSSR count). The number of methoxy groups -OCH3 is 1. The average molecular weight is 271 g/mol. The second-order valence-electron chi connectivity index (χ2n) is 5.37. The molecule has 0 bridgehead atoms. The van der Waals surface area contributed by atoms with Crippen molar-refractivity contribution in [1.29, 1.82) is 0 Å². The molecule has 1 aromatic heterocycles. The molecule has 1 aromatic carbocycles. The Morgan fingerprint density at radius 2 is 2.25 bits per heavy atom. The number of rotatable bonds is 4. The smallest absolute Gasteiger partial charge is 0.134 e. The lowest BCUT2D eigenvalue weighted by Gasteiger charge is -2.20. The second kappa shape index (κ2) is 5.67. The Hall–Kier alpha value is -1.81. The van der Waals surface area contributed by atoms with E-state index in [9.17, 15) is 0 Å². The van der Waals surface area contributed by atoms with Crippen LogP contribution in [0.5, 0.6) is 5.75 Å². The number of nitrogens with one attached hydrogen (secondary N) is 1. The summed E-state index contributed by atoms with van der Waals surface area (Å²) in [5.74, 6) is 1.84. The van der Waals surface area contributed by atoms with Crippen molar-refractivity contribution in [3.63, 3.8) is 0 Å². The van der Waals surface area contributed by atoms with Crippen molar-refractivity contribution in [2.45, 2.75) is 18.9 Å². The van der Waals surface area contributed by atoms with E-state index in [1.807, 2.05) is 24.4 Å². The Labute approximate surface area is 119 Å². The Balaban J connectivity index is 1.84. The molecule has 1 saturated heterocycles. The fourth-order valence-corrected chi connectivity index (χ4v) is 2.95. The van der Waals surface area contributed by atoms with Crippen LogP contribution in [0.15, 0.2) is 30.5 Å². The maximum Gasteiger partial charge on any atom is 0.134 e. The predicted octanol–water partition coefficient (Wildman–Crippen LogP) is 2.75. The molecule has 2 heterocycles. The van der Waals surface area contributed by atoms with E-state index in [1.54, 1.807) is 7.11 Å². The zero-order valence-electron chi connectivity index (χ0n) is 12.1. The third-order valence-corrected chi connectivity index (χ3v) is 4.16. The number of ether oxygens (including phenoxy) is 1. The van der Waals surface area contributed by atoms with Gasteiger partial charge in [-0.05, 0) is 38.6 Å². The molecule has 1 aliphatic heterocycles. The highest BCUT2D eigenvalue weighted by Crippen LogP contribution is 2.29. The molecule has 4 heteroatoms. The number of likely N-dealkylation sites (tertiary alicyclic amines) is 1. The van der Waals surface area contributed by atoms with Crippen LogP contribution in [0.25, 0.3) is 10.8 Å². The summed E-state index contributed by atoms with van der Waals surface area (Å²) in [6.07, 6.45) is 4.39. The minimum Gasteiger partial charge on any atom is -0.496 e. The van der Waals surface area contributed by atoms with Gasteiger partial charge in [0.25, 0.3) is 0 Å². The molecule has 1 aliphatic rings. The average Bonchev–Trinajstić information content (AvgIpc) is 2.89. The quantitative estimate of drug-likeness (QED) is 0.928. The topological polar surface area (TPSA) is 37.4 Å². The van der Waals surface area contributed by atoms with Crippen LogP contribution in [0, 0.1) is 0 Å². The summed E-state index contributed by atoms with van der Waals surface area (Å²) in [4.78, 5) is 6.90. The number of aromatic nitrogens is 1. The zero-order valence-corrected chi connectivity index (χ0v) is 12.1. The summed E-state index contributed by atoms with van der Waals surface area (Å²) in [5.41, 5.74) is 0. The molecule has 0 aliphatic carbocycles. The summed E-state index contributed by atoms with van der Waals surface area (Å²) in [6, 6.07) is 8.69. The molecule has 1 N–H and O–H groups in total. The Kier molecular flexibility index (Phi) is 3.74. The SMILES string of the molecule is COc1cccc2c(NCC3CCCN3C)nccc12. The van der Waals surface area contributed by atoms with Gasteiger partial charge >= 0.3 is 0 Å². The van der Waals surface area contributed by atoms with Crippen molar-refractivity contribution >= 4 is 16.6 Å². The Morgan fingerprint density at radius 3 is 3.00 bits per heavy atom. The van der Waals surface area contributed by atoms with Gasteiger partial charge in [-0.1, -0.05) is 12.1 Å². The highest BCUT2D eigenvalue weighted by molar-refractivity contribution is 5.95. The summed E-state index contributed by atoms with van der Waals surface area (Å²) in [6.45, 7) is 2.14. The lowest BCUT2D eigenvalue weighted by molar-refractivity contribution is 0.322. The summed E-state index contributed by atoms with van der Waals surface area (Å²) in [7, 11) is 3.90. The van der Waals surface area contributed by atoms with Crippen molar-refractivity contribution in [2.24, 2.45) is 0 Å². The molecule has 20 heavy (non-hydrogen) atoms. The molecule has 0 radical (unpaired) electrons. The standard InChI is InChI=1S/C16H21N3O/c1-19-10-4-5-12(19)11-18-16-14-6-3-7-15(20-2)13(14)8-9-17-16/h3,6-9,12H,4-5,10-11H2,1-2H3,(H,17,18). The Morgan fingerprint density at radius 1 is 1.35 bits per heavy atom. The van der Waals surface area contributed by atoms with Gasteiger partial charge < -0.3 is 15.0 Å². The van der Waals surface area contributed by atoms with Gasteiger partial charge in [-0.3, -0.25) is 0 Å². The highest BCUT2D eigenvalue weighted by atomic mass is 16.5. The van der Waals surface area contributed by atoms with Crippen molar-refractivity contribution in [2.75, 3.05) is 32.6 Å². The lowest BCUT2D eigenvalue weighted by atomic mass is 10.1. The van der Waals surface area contributed by atoms with Gasteiger partial charge in [-0.2, -0.15) is 0 Å². The Bertz CT molecular complexity index is 599. The first kappa shape index (κ1) is 13.2. The van der Waals surface area contributed by atoms with Crippen LogP contribution >= 0.6 is 0 Å². The summed E-state index contributed by atoms with van der Waals surface area (Å²) in [5, 5.41) is 5.72. The third-order valence-electron chi connectivity index (χ3n) is 4.16. The predicted molar refractivity (Wildman–Crippen MR) is 82.4 cm³/mol. The van der Waals surface area contributed by atoms with Crippen LogP contribution in [0.4, 0.5) is 5.82 Å². The number of benzene rings is 1. The normalized spacial score (nSPS) is 19.4. The van der Waals surface area contributed by atoms with Crippen LogP contribution in [-0.4, -0.2) is 43.2 Å². The molecule has 1 unspecified atom stereocenters. The van der Waals surface area contributed by atoms with E-state index in [4.69, 9.17) is 4.74 Å². The number of hydrogen-bond donors (Lipinski definition) is 1. The van der Waals surface area contributed by atoms with E-state index in [0.29, 0.717) is 6.04 Å². The molecule has 0 spiro atoms. The van der Waals surface area contributed by atoms with Crippen LogP contribution in [0.1, 0.15) is 12.8 Å². The van der Waals surface area contributed by atoms with E-state index in [0.717, 1.165) is 28.9 Å². The van der Waals surface area contributed by atoms with Gasteiger partial charge in [0, 0.05) is 29.6 Å². The first-order chi connectivity index (χ1) is 9.79. The molecule has 2 aromatic rings. The number of nitrogens with zero attached hydrogens (tertiary/aromatic N) is 2. The molecule has 4 nitrogen and oxygen atoms in total. The number of pyridine rings is 1. The lowest BCUT2D eigenvalue weighted by Crippen LogP contribution is -2.31. The second-order valence-corrected chi connectivity index (χ2v) is 5.37. The fraction of sp³-hybridized carbons (Fsp3) is 0.438. The van der Waals surface area contributed by atoms with Crippen LogP contribution in [0.2, 0.25) is 0 Å². The molecule has 0 saturated carbocycles. The van der Waals surface area contributed by atoms with E-state index >= 15 is 0 Å². The maximum absolute atomic E-state index is 5.41. The van der Waals surface area contributed by atoms with Gasteiger partial charge in [0.15, 0.2) is 0 Å². The maximum atomic E-state index is 5.41. The van der Waals surface area contributed by atoms with Crippen LogP contribution < -0.4 is 10.1 Å². The van der Waals surface area contributed by atoms with Crippen molar-refractivity contribution < 1.29 is 4.74 Å². The van der Waals surface area contributed by atoms with E-state index in [1.165, 1.54) is 19.4 Å². The van der Waals surface area contributed by atoms with Gasteiger partial charge in [0.05, 0.1) is 7.11 Å². The van der Waals surface area contributed by atoms with Crippen molar-refractivity contribution in [1.82, 2.24) is 9.88 Å². The monoisotopic (exact) mass is 271 g/mol. The first-order valence-electron chi connectivity index (χ1n) is 7.15. The third kappa shape index (κ3) is 2.43. The highest BCUT2D eigenvalue weighted by Gasteiger charge is 2.20. The molecule has 1 fully saturated rings. The largest absolute Gasteiger partial charge is 0.496 e. The van der Waals surface area contributed by atoms with Crippen LogP contribution in [-0.2, 0) is 0 Å². The van der Waals surface area contributed by atoms with Gasteiger partial charge in [-0.25, -0.2) is 4.98 Å². The van der Waals surface area contributed by atoms with Crippen LogP contribution in [0.3, 0.4) is 0 Å². The summed E-state index contributed by atoms with van der Waals surface area (Å²) < 4.78 is 5.41. The number of hydrogen-bond acceptors (Lipinski definition) is 4. The van der Waals surface area contributed by atoms with Gasteiger partial charge in [-0.15, -0.1) is 0 Å². The number of anilines is 1. The van der Waals surface area contributed by atoms with E-state index in [-0.39, 0.29) is 0 Å². The first-order valence-corrected chi connectivity index (χ1v) is 7.15. The molecule has 106 valence electrons. The van der Waals surface area contributed by atoms with E-state index in [2.05, 4.69) is 28.3 Å². The molecule has 1 atom stereocenters. The van der Waals surface area contributed by atoms with Crippen molar-refractivity contribution in [3.8, 4) is 5.75 Å². The molecule has 0 amide bonds. The minimum absolute atomic E-state index is 0.609. The molecular weight excluding hydrogens is 250 g/mol. The molecular formula is C16H21N3O. The van der Waals surface area contributed by atoms with Gasteiger partial charge in [0.2, 0.25) is 0 Å². The summed E-state index contributed by atoms with van der Waals surface area (Å²) >= 11 is 0.